The number of halogens is 2. The number of carbonyl (C=O) groups excluding carboxylic acids is 2. The van der Waals surface area contributed by atoms with Crippen molar-refractivity contribution in [2.75, 3.05) is 18.5 Å². The topological polar surface area (TPSA) is 114 Å². The molecule has 4 aromatic rings. The van der Waals surface area contributed by atoms with Gasteiger partial charge in [-0.15, -0.1) is 11.3 Å². The highest BCUT2D eigenvalue weighted by atomic mass is 35.5. The van der Waals surface area contributed by atoms with Crippen molar-refractivity contribution in [2.24, 2.45) is 5.92 Å². The van der Waals surface area contributed by atoms with Crippen LogP contribution in [0.1, 0.15) is 54.1 Å². The Hall–Kier alpha value is -3.44. The second kappa shape index (κ2) is 13.3. The number of ether oxygens (including phenoxy) is 1. The SMILES string of the molecule is O=C(Nc1cc(Cl)c(CC(=O)N2C[C@@H](n3ccnc3)C[C@H]2CO[C@H]2CC[C@H](C(=O)O)CC2)cc1Cl)c1csc2ccccc12. The number of thiophene rings is 1. The van der Waals surface area contributed by atoms with Gasteiger partial charge in [0.25, 0.3) is 5.91 Å². The van der Waals surface area contributed by atoms with Crippen LogP contribution in [0.4, 0.5) is 5.69 Å². The van der Waals surface area contributed by atoms with Gasteiger partial charge in [-0.2, -0.15) is 0 Å². The molecule has 44 heavy (non-hydrogen) atoms. The van der Waals surface area contributed by atoms with Gasteiger partial charge in [-0.1, -0.05) is 41.4 Å². The van der Waals surface area contributed by atoms with Crippen LogP contribution in [0.25, 0.3) is 10.1 Å². The van der Waals surface area contributed by atoms with Crippen LogP contribution in [0, 0.1) is 5.92 Å². The number of nitrogens with one attached hydrogen (secondary N) is 1. The fraction of sp³-hybridized carbons (Fsp3) is 0.375. The van der Waals surface area contributed by atoms with E-state index >= 15 is 0 Å². The second-order valence-corrected chi connectivity index (χ2v) is 13.2. The quantitative estimate of drug-likeness (QED) is 0.208. The molecule has 12 heteroatoms. The van der Waals surface area contributed by atoms with Gasteiger partial charge in [-0.3, -0.25) is 14.4 Å². The Balaban J connectivity index is 1.13. The van der Waals surface area contributed by atoms with Crippen molar-refractivity contribution in [2.45, 2.75) is 56.7 Å². The number of carboxylic acid groups (broad SMARTS) is 1. The number of hydrogen-bond donors (Lipinski definition) is 2. The van der Waals surface area contributed by atoms with E-state index in [1.807, 2.05) is 45.3 Å². The molecule has 0 radical (unpaired) electrons. The van der Waals surface area contributed by atoms with E-state index < -0.39 is 5.97 Å². The molecular formula is C32H32Cl2N4O5S. The van der Waals surface area contributed by atoms with Crippen LogP contribution in [0.2, 0.25) is 10.0 Å². The number of anilines is 1. The van der Waals surface area contributed by atoms with Crippen LogP contribution in [-0.2, 0) is 20.7 Å². The molecule has 1 saturated carbocycles. The van der Waals surface area contributed by atoms with Crippen molar-refractivity contribution in [1.82, 2.24) is 14.5 Å². The molecule has 1 aliphatic carbocycles. The average Bonchev–Trinajstić information content (AvgIpc) is 3.78. The predicted molar refractivity (Wildman–Crippen MR) is 171 cm³/mol. The van der Waals surface area contributed by atoms with Crippen LogP contribution >= 0.6 is 34.5 Å². The highest BCUT2D eigenvalue weighted by molar-refractivity contribution is 7.17. The maximum Gasteiger partial charge on any atom is 0.306 e. The summed E-state index contributed by atoms with van der Waals surface area (Å²) >= 11 is 14.7. The zero-order chi connectivity index (χ0) is 30.8. The third-order valence-corrected chi connectivity index (χ3v) is 10.3. The lowest BCUT2D eigenvalue weighted by molar-refractivity contribution is -0.144. The number of amides is 2. The molecule has 0 unspecified atom stereocenters. The number of aliphatic carboxylic acids is 1. The van der Waals surface area contributed by atoms with Gasteiger partial charge >= 0.3 is 5.97 Å². The van der Waals surface area contributed by atoms with Gasteiger partial charge in [0.15, 0.2) is 0 Å². The molecule has 3 heterocycles. The zero-order valence-corrected chi connectivity index (χ0v) is 26.2. The van der Waals surface area contributed by atoms with Crippen LogP contribution in [0.3, 0.4) is 0 Å². The van der Waals surface area contributed by atoms with E-state index in [9.17, 15) is 19.5 Å². The lowest BCUT2D eigenvalue weighted by atomic mass is 9.87. The molecule has 9 nitrogen and oxygen atoms in total. The molecule has 1 saturated heterocycles. The minimum absolute atomic E-state index is 0.0158. The molecule has 6 rings (SSSR count). The maximum absolute atomic E-state index is 13.7. The maximum atomic E-state index is 13.7. The van der Waals surface area contributed by atoms with E-state index in [0.29, 0.717) is 72.1 Å². The lowest BCUT2D eigenvalue weighted by Gasteiger charge is -2.30. The van der Waals surface area contributed by atoms with Crippen molar-refractivity contribution in [1.29, 1.82) is 0 Å². The molecule has 2 fully saturated rings. The van der Waals surface area contributed by atoms with Crippen molar-refractivity contribution >= 4 is 68.1 Å². The van der Waals surface area contributed by atoms with E-state index in [0.717, 1.165) is 10.1 Å². The van der Waals surface area contributed by atoms with Crippen LogP contribution in [0.5, 0.6) is 0 Å². The number of carboxylic acids is 1. The van der Waals surface area contributed by atoms with Gasteiger partial charge in [0.1, 0.15) is 0 Å². The molecule has 2 aliphatic rings. The number of carbonyl (C=O) groups is 3. The normalized spacial score (nSPS) is 21.9. The predicted octanol–water partition coefficient (Wildman–Crippen LogP) is 6.70. The molecule has 0 spiro atoms. The number of aromatic nitrogens is 2. The molecular weight excluding hydrogens is 623 g/mol. The molecule has 2 atom stereocenters. The van der Waals surface area contributed by atoms with Crippen LogP contribution < -0.4 is 5.32 Å². The molecule has 2 aromatic heterocycles. The number of hydrogen-bond acceptors (Lipinski definition) is 6. The van der Waals surface area contributed by atoms with Crippen LogP contribution in [-0.4, -0.2) is 62.6 Å². The van der Waals surface area contributed by atoms with Gasteiger partial charge in [0, 0.05) is 39.4 Å². The van der Waals surface area contributed by atoms with Gasteiger partial charge in [0.2, 0.25) is 5.91 Å². The molecule has 2 N–H and O–H groups in total. The Morgan fingerprint density at radius 3 is 2.64 bits per heavy atom. The number of rotatable bonds is 9. The van der Waals surface area contributed by atoms with E-state index in [2.05, 4.69) is 10.3 Å². The first kappa shape index (κ1) is 30.6. The fourth-order valence-corrected chi connectivity index (χ4v) is 7.61. The van der Waals surface area contributed by atoms with Crippen molar-refractivity contribution in [3.8, 4) is 0 Å². The van der Waals surface area contributed by atoms with Crippen molar-refractivity contribution in [3.05, 3.63) is 81.7 Å². The second-order valence-electron chi connectivity index (χ2n) is 11.4. The van der Waals surface area contributed by atoms with Crippen LogP contribution in [0.15, 0.2) is 60.5 Å². The smallest absolute Gasteiger partial charge is 0.306 e. The minimum atomic E-state index is -0.746. The van der Waals surface area contributed by atoms with E-state index in [1.54, 1.807) is 24.7 Å². The number of benzene rings is 2. The summed E-state index contributed by atoms with van der Waals surface area (Å²) in [5.41, 5.74) is 1.50. The summed E-state index contributed by atoms with van der Waals surface area (Å²) in [6.07, 6.45) is 8.71. The summed E-state index contributed by atoms with van der Waals surface area (Å²) in [4.78, 5) is 44.1. The Labute approximate surface area is 268 Å². The summed E-state index contributed by atoms with van der Waals surface area (Å²) in [6, 6.07) is 10.8. The Morgan fingerprint density at radius 1 is 1.09 bits per heavy atom. The first-order chi connectivity index (χ1) is 21.3. The molecule has 1 aliphatic heterocycles. The lowest BCUT2D eigenvalue weighted by Crippen LogP contribution is -2.40. The Bertz CT molecular complexity index is 1670. The monoisotopic (exact) mass is 654 g/mol. The number of nitrogens with zero attached hydrogens (tertiary/aromatic N) is 3. The molecule has 2 amide bonds. The largest absolute Gasteiger partial charge is 0.481 e. The standard InChI is InChI=1S/C32H32Cl2N4O5S/c33-26-14-28(36-31(40)25-17-44-29-4-2-1-3-24(25)29)27(34)11-20(26)12-30(39)38-15-21(37-10-9-35-18-37)13-22(38)16-43-23-7-5-19(6-8-23)32(41)42/h1-4,9-11,14,17-19,21-23H,5-8,12-13,15-16H2,(H,36,40)(H,41,42)/t19-,21-,22-,23-/m0/s1. The van der Waals surface area contributed by atoms with Gasteiger partial charge < -0.3 is 24.6 Å². The van der Waals surface area contributed by atoms with Crippen molar-refractivity contribution in [3.63, 3.8) is 0 Å². The minimum Gasteiger partial charge on any atom is -0.481 e. The van der Waals surface area contributed by atoms with E-state index in [4.69, 9.17) is 27.9 Å². The third-order valence-electron chi connectivity index (χ3n) is 8.66. The highest BCUT2D eigenvalue weighted by Crippen LogP contribution is 2.34. The molecule has 230 valence electrons. The molecule has 2 aromatic carbocycles. The Morgan fingerprint density at radius 2 is 1.89 bits per heavy atom. The number of imidazole rings is 1. The van der Waals surface area contributed by atoms with Gasteiger partial charge in [-0.05, 0) is 55.9 Å². The third kappa shape index (κ3) is 6.63. The molecule has 0 bridgehead atoms. The number of fused-ring (bicyclic) bond motifs is 1. The van der Waals surface area contributed by atoms with Crippen molar-refractivity contribution < 1.29 is 24.2 Å². The van der Waals surface area contributed by atoms with Gasteiger partial charge in [-0.25, -0.2) is 4.98 Å². The van der Waals surface area contributed by atoms with E-state index in [-0.39, 0.29) is 42.3 Å². The average molecular weight is 656 g/mol. The summed E-state index contributed by atoms with van der Waals surface area (Å²) in [5.74, 6) is -1.44. The Kier molecular flexibility index (Phi) is 9.23. The highest BCUT2D eigenvalue weighted by Gasteiger charge is 2.37. The van der Waals surface area contributed by atoms with E-state index in [1.165, 1.54) is 11.3 Å². The fourth-order valence-electron chi connectivity index (χ4n) is 6.21. The first-order valence-corrected chi connectivity index (χ1v) is 16.3. The summed E-state index contributed by atoms with van der Waals surface area (Å²) in [7, 11) is 0. The summed E-state index contributed by atoms with van der Waals surface area (Å²) in [5, 5.41) is 15.5. The summed E-state index contributed by atoms with van der Waals surface area (Å²) < 4.78 is 9.27. The summed E-state index contributed by atoms with van der Waals surface area (Å²) in [6.45, 7) is 0.874. The number of likely N-dealkylation sites (tertiary alicyclic amines) is 1. The zero-order valence-electron chi connectivity index (χ0n) is 23.8. The van der Waals surface area contributed by atoms with Gasteiger partial charge in [0.05, 0.1) is 59.7 Å². The first-order valence-electron chi connectivity index (χ1n) is 14.6.